The third-order valence-corrected chi connectivity index (χ3v) is 5.43. The first kappa shape index (κ1) is 17.4. The van der Waals surface area contributed by atoms with Crippen molar-refractivity contribution in [3.8, 4) is 5.19 Å². The van der Waals surface area contributed by atoms with Gasteiger partial charge >= 0.3 is 0 Å². The van der Waals surface area contributed by atoms with Crippen molar-refractivity contribution in [3.05, 3.63) is 33.2 Å². The van der Waals surface area contributed by atoms with E-state index < -0.39 is 0 Å². The first-order chi connectivity index (χ1) is 12.0. The Kier molecular flexibility index (Phi) is 5.03. The van der Waals surface area contributed by atoms with Crippen LogP contribution in [0.4, 0.5) is 5.69 Å². The second-order valence-corrected chi connectivity index (χ2v) is 7.05. The number of thiazole rings is 1. The maximum absolute atomic E-state index is 12.3. The van der Waals surface area contributed by atoms with Gasteiger partial charge in [0.25, 0.3) is 16.7 Å². The Labute approximate surface area is 149 Å². The van der Waals surface area contributed by atoms with Gasteiger partial charge in [0.05, 0.1) is 24.7 Å². The van der Waals surface area contributed by atoms with Crippen LogP contribution in [-0.2, 0) is 7.05 Å². The van der Waals surface area contributed by atoms with E-state index >= 15 is 0 Å². The third-order valence-electron chi connectivity index (χ3n) is 4.31. The predicted octanol–water partition coefficient (Wildman–Crippen LogP) is 0.810. The molecule has 8 nitrogen and oxygen atoms in total. The van der Waals surface area contributed by atoms with Crippen molar-refractivity contribution in [1.29, 1.82) is 0 Å². The highest BCUT2D eigenvalue weighted by molar-refractivity contribution is 7.15. The van der Waals surface area contributed by atoms with Crippen LogP contribution >= 0.6 is 11.3 Å². The lowest BCUT2D eigenvalue weighted by molar-refractivity contribution is 0.0951. The van der Waals surface area contributed by atoms with Gasteiger partial charge in [-0.3, -0.25) is 9.59 Å². The summed E-state index contributed by atoms with van der Waals surface area (Å²) in [6.07, 6.45) is 2.66. The van der Waals surface area contributed by atoms with E-state index in [9.17, 15) is 9.59 Å². The molecule has 1 aliphatic rings. The highest BCUT2D eigenvalue weighted by Gasteiger charge is 2.24. The fourth-order valence-corrected chi connectivity index (χ4v) is 3.65. The van der Waals surface area contributed by atoms with Crippen LogP contribution in [0.1, 0.15) is 21.8 Å². The van der Waals surface area contributed by atoms with Gasteiger partial charge in [0.1, 0.15) is 4.88 Å². The molecule has 0 saturated carbocycles. The molecule has 25 heavy (non-hydrogen) atoms. The van der Waals surface area contributed by atoms with Crippen molar-refractivity contribution >= 4 is 22.9 Å². The lowest BCUT2D eigenvalue weighted by Crippen LogP contribution is -2.31. The van der Waals surface area contributed by atoms with Gasteiger partial charge in [-0.2, -0.15) is 5.10 Å². The van der Waals surface area contributed by atoms with E-state index in [2.05, 4.69) is 20.3 Å². The van der Waals surface area contributed by atoms with Crippen molar-refractivity contribution in [2.75, 3.05) is 31.6 Å². The lowest BCUT2D eigenvalue weighted by atomic mass is 10.1. The largest absolute Gasteiger partial charge is 0.473 e. The summed E-state index contributed by atoms with van der Waals surface area (Å²) in [5.74, 6) is 0.218. The minimum absolute atomic E-state index is 0.119. The maximum atomic E-state index is 12.3. The number of hydrogen-bond acceptors (Lipinski definition) is 7. The summed E-state index contributed by atoms with van der Waals surface area (Å²) in [4.78, 5) is 30.9. The Bertz CT molecular complexity index is 831. The molecule has 1 aliphatic heterocycles. The maximum Gasteiger partial charge on any atom is 0.273 e. The molecule has 1 unspecified atom stereocenters. The summed E-state index contributed by atoms with van der Waals surface area (Å²) < 4.78 is 6.38. The first-order valence-electron chi connectivity index (χ1n) is 8.06. The summed E-state index contributed by atoms with van der Waals surface area (Å²) in [5, 5.41) is 7.53. The zero-order valence-corrected chi connectivity index (χ0v) is 15.3. The van der Waals surface area contributed by atoms with E-state index in [0.717, 1.165) is 25.2 Å². The zero-order chi connectivity index (χ0) is 18.0. The van der Waals surface area contributed by atoms with Crippen LogP contribution in [0, 0.1) is 12.8 Å². The average Bonchev–Trinajstić information content (AvgIpc) is 3.21. The highest BCUT2D eigenvalue weighted by atomic mass is 32.1. The highest BCUT2D eigenvalue weighted by Crippen LogP contribution is 2.25. The number of amides is 1. The Morgan fingerprint density at radius 2 is 2.32 bits per heavy atom. The molecule has 3 rings (SSSR count). The second kappa shape index (κ2) is 7.22. The number of aromatic nitrogens is 3. The third kappa shape index (κ3) is 3.81. The van der Waals surface area contributed by atoms with E-state index in [1.54, 1.807) is 33.3 Å². The second-order valence-electron chi connectivity index (χ2n) is 6.08. The van der Waals surface area contributed by atoms with E-state index in [1.165, 1.54) is 16.0 Å². The molecule has 1 N–H and O–H groups in total. The quantitative estimate of drug-likeness (QED) is 0.846. The normalized spacial score (nSPS) is 16.9. The number of carbonyl (C=O) groups is 1. The standard InChI is InChI=1S/C16H21N5O3S/c1-10-14(25-16(19-10)24-3)15(23)17-7-11-4-5-21(9-11)12-6-13(22)20(2)18-8-12/h6,8,11H,4-5,7,9H2,1-3H3,(H,17,23). The molecular weight excluding hydrogens is 342 g/mol. The predicted molar refractivity (Wildman–Crippen MR) is 95.5 cm³/mol. The fourth-order valence-electron chi connectivity index (χ4n) is 2.85. The van der Waals surface area contributed by atoms with Crippen LogP contribution in [0.2, 0.25) is 0 Å². The number of ether oxygens (including phenoxy) is 1. The molecule has 1 amide bonds. The Hall–Kier alpha value is -2.42. The van der Waals surface area contributed by atoms with Crippen molar-refractivity contribution in [2.45, 2.75) is 13.3 Å². The van der Waals surface area contributed by atoms with Crippen molar-refractivity contribution in [3.63, 3.8) is 0 Å². The molecule has 2 aromatic rings. The van der Waals surface area contributed by atoms with Crippen LogP contribution < -0.4 is 20.5 Å². The zero-order valence-electron chi connectivity index (χ0n) is 14.5. The van der Waals surface area contributed by atoms with Crippen LogP contribution in [0.15, 0.2) is 17.1 Å². The number of anilines is 1. The van der Waals surface area contributed by atoms with E-state index in [0.29, 0.717) is 28.2 Å². The lowest BCUT2D eigenvalue weighted by Gasteiger charge is -2.18. The minimum Gasteiger partial charge on any atom is -0.473 e. The van der Waals surface area contributed by atoms with E-state index in [-0.39, 0.29) is 11.5 Å². The molecule has 0 aromatic carbocycles. The summed E-state index contributed by atoms with van der Waals surface area (Å²) in [7, 11) is 3.17. The van der Waals surface area contributed by atoms with Gasteiger partial charge in [-0.05, 0) is 19.3 Å². The topological polar surface area (TPSA) is 89.3 Å². The van der Waals surface area contributed by atoms with Crippen molar-refractivity contribution < 1.29 is 9.53 Å². The molecule has 9 heteroatoms. The molecular formula is C16H21N5O3S. The van der Waals surface area contributed by atoms with Gasteiger partial charge in [-0.25, -0.2) is 9.67 Å². The molecule has 134 valence electrons. The molecule has 0 spiro atoms. The van der Waals surface area contributed by atoms with E-state index in [4.69, 9.17) is 4.74 Å². The molecule has 0 aliphatic carbocycles. The van der Waals surface area contributed by atoms with Gasteiger partial charge in [0, 0.05) is 32.7 Å². The molecule has 2 aromatic heterocycles. The van der Waals surface area contributed by atoms with Crippen LogP contribution in [-0.4, -0.2) is 47.4 Å². The minimum atomic E-state index is -0.121. The number of hydrogen-bond donors (Lipinski definition) is 1. The molecule has 1 saturated heterocycles. The van der Waals surface area contributed by atoms with Crippen molar-refractivity contribution in [1.82, 2.24) is 20.1 Å². The van der Waals surface area contributed by atoms with Crippen LogP contribution in [0.3, 0.4) is 0 Å². The van der Waals surface area contributed by atoms with Gasteiger partial charge in [-0.15, -0.1) is 0 Å². The Morgan fingerprint density at radius 1 is 1.52 bits per heavy atom. The number of rotatable bonds is 5. The molecule has 3 heterocycles. The fraction of sp³-hybridized carbons (Fsp3) is 0.500. The van der Waals surface area contributed by atoms with Crippen LogP contribution in [0.5, 0.6) is 5.19 Å². The number of nitrogens with zero attached hydrogens (tertiary/aromatic N) is 4. The summed E-state index contributed by atoms with van der Waals surface area (Å²) in [6.45, 7) is 4.03. The number of carbonyl (C=O) groups excluding carboxylic acids is 1. The Balaban J connectivity index is 1.56. The van der Waals surface area contributed by atoms with Crippen molar-refractivity contribution in [2.24, 2.45) is 13.0 Å². The number of nitrogens with one attached hydrogen (secondary N) is 1. The molecule has 1 fully saturated rings. The summed E-state index contributed by atoms with van der Waals surface area (Å²) >= 11 is 1.25. The van der Waals surface area contributed by atoms with E-state index in [1.807, 2.05) is 0 Å². The first-order valence-corrected chi connectivity index (χ1v) is 8.87. The SMILES string of the molecule is COc1nc(C)c(C(=O)NCC2CCN(c3cnn(C)c(=O)c3)C2)s1. The Morgan fingerprint density at radius 3 is 3.00 bits per heavy atom. The van der Waals surface area contributed by atoms with Gasteiger partial charge in [0.15, 0.2) is 0 Å². The molecule has 0 radical (unpaired) electrons. The van der Waals surface area contributed by atoms with Gasteiger partial charge < -0.3 is 15.0 Å². The number of methoxy groups -OCH3 is 1. The van der Waals surface area contributed by atoms with Crippen LogP contribution in [0.25, 0.3) is 0 Å². The monoisotopic (exact) mass is 363 g/mol. The van der Waals surface area contributed by atoms with Gasteiger partial charge in [0.2, 0.25) is 0 Å². The summed E-state index contributed by atoms with van der Waals surface area (Å²) in [6, 6.07) is 1.60. The molecule has 0 bridgehead atoms. The average molecular weight is 363 g/mol. The summed E-state index contributed by atoms with van der Waals surface area (Å²) in [5.41, 5.74) is 1.39. The van der Waals surface area contributed by atoms with Gasteiger partial charge in [-0.1, -0.05) is 11.3 Å². The number of aryl methyl sites for hydroxylation is 2. The smallest absolute Gasteiger partial charge is 0.273 e. The molecule has 1 atom stereocenters.